The van der Waals surface area contributed by atoms with Gasteiger partial charge in [-0.05, 0) is 19.3 Å². The van der Waals surface area contributed by atoms with Gasteiger partial charge in [-0.25, -0.2) is 0 Å². The van der Waals surface area contributed by atoms with Crippen molar-refractivity contribution in [3.05, 3.63) is 0 Å². The number of methoxy groups -OCH3 is 1. The second-order valence-corrected chi connectivity index (χ2v) is 4.57. The molecule has 1 rings (SSSR count). The predicted molar refractivity (Wildman–Crippen MR) is 64.1 cm³/mol. The molecule has 1 aliphatic rings. The minimum atomic E-state index is 0.111. The monoisotopic (exact) mass is 228 g/mol. The summed E-state index contributed by atoms with van der Waals surface area (Å²) in [5.41, 5.74) is 6.04. The standard InChI is InChI=1S/C12H24N2O2/c1-16-9-5-8-12(15)14-11-7-4-2-3-6-10(11)13/h10-11H,2-9,13H2,1H3,(H,14,15). The minimum Gasteiger partial charge on any atom is -0.385 e. The lowest BCUT2D eigenvalue weighted by atomic mass is 10.0. The quantitative estimate of drug-likeness (QED) is 0.549. The van der Waals surface area contributed by atoms with Crippen molar-refractivity contribution < 1.29 is 9.53 Å². The maximum atomic E-state index is 11.6. The summed E-state index contributed by atoms with van der Waals surface area (Å²) in [6.07, 6.45) is 6.99. The molecule has 1 amide bonds. The van der Waals surface area contributed by atoms with E-state index in [1.54, 1.807) is 7.11 Å². The second-order valence-electron chi connectivity index (χ2n) is 4.57. The van der Waals surface area contributed by atoms with E-state index in [1.807, 2.05) is 0 Å². The number of nitrogens with one attached hydrogen (secondary N) is 1. The molecule has 0 radical (unpaired) electrons. The van der Waals surface area contributed by atoms with Crippen LogP contribution in [-0.4, -0.2) is 31.7 Å². The fourth-order valence-corrected chi connectivity index (χ4v) is 2.17. The number of carbonyl (C=O) groups is 1. The molecule has 4 heteroatoms. The van der Waals surface area contributed by atoms with Crippen LogP contribution in [0.1, 0.15) is 44.9 Å². The van der Waals surface area contributed by atoms with Gasteiger partial charge in [0.05, 0.1) is 0 Å². The van der Waals surface area contributed by atoms with E-state index in [-0.39, 0.29) is 18.0 Å². The molecule has 0 spiro atoms. The average molecular weight is 228 g/mol. The van der Waals surface area contributed by atoms with Crippen LogP contribution in [-0.2, 0) is 9.53 Å². The summed E-state index contributed by atoms with van der Waals surface area (Å²) >= 11 is 0. The molecular formula is C12H24N2O2. The van der Waals surface area contributed by atoms with E-state index >= 15 is 0 Å². The van der Waals surface area contributed by atoms with Gasteiger partial charge in [0.2, 0.25) is 5.91 Å². The van der Waals surface area contributed by atoms with E-state index in [1.165, 1.54) is 19.3 Å². The highest BCUT2D eigenvalue weighted by molar-refractivity contribution is 5.76. The number of hydrogen-bond donors (Lipinski definition) is 2. The maximum absolute atomic E-state index is 11.6. The third-order valence-electron chi connectivity index (χ3n) is 3.17. The first-order valence-corrected chi connectivity index (χ1v) is 6.28. The van der Waals surface area contributed by atoms with Crippen LogP contribution in [0.4, 0.5) is 0 Å². The van der Waals surface area contributed by atoms with Gasteiger partial charge in [0, 0.05) is 32.2 Å². The molecule has 0 aromatic rings. The smallest absolute Gasteiger partial charge is 0.220 e. The molecule has 3 N–H and O–H groups in total. The van der Waals surface area contributed by atoms with Crippen LogP contribution >= 0.6 is 0 Å². The third kappa shape index (κ3) is 4.94. The van der Waals surface area contributed by atoms with Crippen LogP contribution in [0.3, 0.4) is 0 Å². The fourth-order valence-electron chi connectivity index (χ4n) is 2.17. The first-order chi connectivity index (χ1) is 7.74. The molecule has 1 aliphatic carbocycles. The van der Waals surface area contributed by atoms with Gasteiger partial charge in [-0.3, -0.25) is 4.79 Å². The molecule has 2 atom stereocenters. The molecule has 1 fully saturated rings. The molecule has 94 valence electrons. The van der Waals surface area contributed by atoms with E-state index in [0.717, 1.165) is 19.3 Å². The molecule has 0 saturated heterocycles. The Hall–Kier alpha value is -0.610. The summed E-state index contributed by atoms with van der Waals surface area (Å²) in [7, 11) is 1.65. The molecule has 0 aliphatic heterocycles. The van der Waals surface area contributed by atoms with E-state index in [0.29, 0.717) is 13.0 Å². The van der Waals surface area contributed by atoms with Gasteiger partial charge < -0.3 is 15.8 Å². The van der Waals surface area contributed by atoms with E-state index < -0.39 is 0 Å². The second kappa shape index (κ2) is 7.63. The van der Waals surface area contributed by atoms with Crippen LogP contribution in [0.15, 0.2) is 0 Å². The zero-order valence-corrected chi connectivity index (χ0v) is 10.2. The Balaban J connectivity index is 2.25. The van der Waals surface area contributed by atoms with Crippen LogP contribution in [0.5, 0.6) is 0 Å². The van der Waals surface area contributed by atoms with Crippen LogP contribution < -0.4 is 11.1 Å². The number of hydrogen-bond acceptors (Lipinski definition) is 3. The van der Waals surface area contributed by atoms with Gasteiger partial charge in [0.15, 0.2) is 0 Å². The lowest BCUT2D eigenvalue weighted by molar-refractivity contribution is -0.122. The lowest BCUT2D eigenvalue weighted by Gasteiger charge is -2.22. The number of nitrogens with two attached hydrogens (primary N) is 1. The summed E-state index contributed by atoms with van der Waals surface area (Å²) < 4.78 is 4.92. The Labute approximate surface area is 97.9 Å². The number of carbonyl (C=O) groups excluding carboxylic acids is 1. The molecule has 4 nitrogen and oxygen atoms in total. The molecule has 2 unspecified atom stereocenters. The Kier molecular flexibility index (Phi) is 6.42. The van der Waals surface area contributed by atoms with Gasteiger partial charge in [-0.1, -0.05) is 19.3 Å². The van der Waals surface area contributed by atoms with Crippen molar-refractivity contribution in [3.8, 4) is 0 Å². The molecule has 0 bridgehead atoms. The summed E-state index contributed by atoms with van der Waals surface area (Å²) in [4.78, 5) is 11.6. The summed E-state index contributed by atoms with van der Waals surface area (Å²) in [5.74, 6) is 0.111. The Bertz CT molecular complexity index is 209. The van der Waals surface area contributed by atoms with Crippen molar-refractivity contribution in [3.63, 3.8) is 0 Å². The highest BCUT2D eigenvalue weighted by Gasteiger charge is 2.21. The fraction of sp³-hybridized carbons (Fsp3) is 0.917. The molecule has 0 aromatic heterocycles. The van der Waals surface area contributed by atoms with E-state index in [4.69, 9.17) is 10.5 Å². The molecule has 1 saturated carbocycles. The highest BCUT2D eigenvalue weighted by atomic mass is 16.5. The first-order valence-electron chi connectivity index (χ1n) is 6.28. The minimum absolute atomic E-state index is 0.111. The molecule has 0 aromatic carbocycles. The zero-order valence-electron chi connectivity index (χ0n) is 10.2. The lowest BCUT2D eigenvalue weighted by Crippen LogP contribution is -2.46. The van der Waals surface area contributed by atoms with Crippen molar-refractivity contribution >= 4 is 5.91 Å². The van der Waals surface area contributed by atoms with Gasteiger partial charge in [0.25, 0.3) is 0 Å². The Morgan fingerprint density at radius 1 is 1.38 bits per heavy atom. The Morgan fingerprint density at radius 2 is 2.12 bits per heavy atom. The molecule has 0 heterocycles. The number of rotatable bonds is 5. The third-order valence-corrected chi connectivity index (χ3v) is 3.17. The van der Waals surface area contributed by atoms with Crippen molar-refractivity contribution in [1.82, 2.24) is 5.32 Å². The van der Waals surface area contributed by atoms with E-state index in [2.05, 4.69) is 5.32 Å². The summed E-state index contributed by atoms with van der Waals surface area (Å²) in [6, 6.07) is 0.312. The normalized spacial score (nSPS) is 26.1. The Morgan fingerprint density at radius 3 is 2.88 bits per heavy atom. The topological polar surface area (TPSA) is 64.3 Å². The number of ether oxygens (including phenoxy) is 1. The van der Waals surface area contributed by atoms with Crippen molar-refractivity contribution in [2.24, 2.45) is 5.73 Å². The van der Waals surface area contributed by atoms with E-state index in [9.17, 15) is 4.79 Å². The van der Waals surface area contributed by atoms with Crippen molar-refractivity contribution in [2.75, 3.05) is 13.7 Å². The van der Waals surface area contributed by atoms with Crippen molar-refractivity contribution in [1.29, 1.82) is 0 Å². The number of amides is 1. The average Bonchev–Trinajstić information content (AvgIpc) is 2.45. The highest BCUT2D eigenvalue weighted by Crippen LogP contribution is 2.16. The van der Waals surface area contributed by atoms with Crippen LogP contribution in [0, 0.1) is 0 Å². The molecule has 16 heavy (non-hydrogen) atoms. The molecular weight excluding hydrogens is 204 g/mol. The van der Waals surface area contributed by atoms with Crippen molar-refractivity contribution in [2.45, 2.75) is 57.0 Å². The summed E-state index contributed by atoms with van der Waals surface area (Å²) in [5, 5.41) is 3.05. The predicted octanol–water partition coefficient (Wildman–Crippen LogP) is 1.19. The largest absolute Gasteiger partial charge is 0.385 e. The van der Waals surface area contributed by atoms with Crippen LogP contribution in [0.2, 0.25) is 0 Å². The maximum Gasteiger partial charge on any atom is 0.220 e. The SMILES string of the molecule is COCCCC(=O)NC1CCCCCC1N. The van der Waals surface area contributed by atoms with Gasteiger partial charge >= 0.3 is 0 Å². The van der Waals surface area contributed by atoms with Crippen LogP contribution in [0.25, 0.3) is 0 Å². The zero-order chi connectivity index (χ0) is 11.8. The summed E-state index contributed by atoms with van der Waals surface area (Å²) in [6.45, 7) is 0.643. The van der Waals surface area contributed by atoms with Gasteiger partial charge in [0.1, 0.15) is 0 Å². The van der Waals surface area contributed by atoms with Gasteiger partial charge in [-0.2, -0.15) is 0 Å². The first kappa shape index (κ1) is 13.5. The van der Waals surface area contributed by atoms with Gasteiger partial charge in [-0.15, -0.1) is 0 Å².